The second-order valence-electron chi connectivity index (χ2n) is 7.93. The Kier molecular flexibility index (Phi) is 7.81. The molecular formula is C22H27F3N4O2. The summed E-state index contributed by atoms with van der Waals surface area (Å²) in [6.45, 7) is 0.963. The maximum atomic E-state index is 12.6. The van der Waals surface area contributed by atoms with Crippen LogP contribution in [0.3, 0.4) is 0 Å². The van der Waals surface area contributed by atoms with Gasteiger partial charge in [0.15, 0.2) is 0 Å². The molecule has 3 rings (SSSR count). The van der Waals surface area contributed by atoms with Gasteiger partial charge in [0.05, 0.1) is 6.42 Å². The Morgan fingerprint density at radius 1 is 1.13 bits per heavy atom. The van der Waals surface area contributed by atoms with Crippen LogP contribution >= 0.6 is 0 Å². The Morgan fingerprint density at radius 3 is 2.58 bits per heavy atom. The van der Waals surface area contributed by atoms with E-state index in [0.29, 0.717) is 12.0 Å². The van der Waals surface area contributed by atoms with Crippen molar-refractivity contribution in [2.45, 2.75) is 69.9 Å². The number of hydrogen-bond acceptors (Lipinski definition) is 5. The lowest BCUT2D eigenvalue weighted by Crippen LogP contribution is -2.14. The molecule has 0 amide bonds. The first-order valence-corrected chi connectivity index (χ1v) is 10.7. The summed E-state index contributed by atoms with van der Waals surface area (Å²) in [4.78, 5) is 22.6. The highest BCUT2D eigenvalue weighted by Crippen LogP contribution is 2.29. The Hall–Kier alpha value is -2.71. The van der Waals surface area contributed by atoms with E-state index in [1.807, 2.05) is 0 Å². The molecule has 31 heavy (non-hydrogen) atoms. The number of aliphatic carboxylic acids is 1. The van der Waals surface area contributed by atoms with Crippen molar-refractivity contribution >= 4 is 11.8 Å². The van der Waals surface area contributed by atoms with Gasteiger partial charge in [0.25, 0.3) is 0 Å². The molecule has 1 aliphatic rings. The van der Waals surface area contributed by atoms with E-state index in [1.54, 1.807) is 0 Å². The minimum atomic E-state index is -4.61. The number of fused-ring (bicyclic) bond motifs is 1. The van der Waals surface area contributed by atoms with Crippen molar-refractivity contribution in [1.29, 1.82) is 0 Å². The van der Waals surface area contributed by atoms with E-state index >= 15 is 0 Å². The van der Waals surface area contributed by atoms with Gasteiger partial charge in [0.1, 0.15) is 5.82 Å². The molecule has 6 nitrogen and oxygen atoms in total. The number of aryl methyl sites for hydroxylation is 2. The molecule has 3 heterocycles. The van der Waals surface area contributed by atoms with Gasteiger partial charge in [0, 0.05) is 24.6 Å². The summed E-state index contributed by atoms with van der Waals surface area (Å²) >= 11 is 0. The molecule has 0 aromatic carbocycles. The van der Waals surface area contributed by atoms with E-state index in [9.17, 15) is 18.0 Å². The van der Waals surface area contributed by atoms with Crippen molar-refractivity contribution in [1.82, 2.24) is 15.0 Å². The summed E-state index contributed by atoms with van der Waals surface area (Å²) in [6.07, 6.45) is 4.77. The highest BCUT2D eigenvalue weighted by atomic mass is 19.4. The Labute approximate surface area is 179 Å². The summed E-state index contributed by atoms with van der Waals surface area (Å²) in [5.74, 6) is -1.60. The van der Waals surface area contributed by atoms with Gasteiger partial charge in [-0.15, -0.1) is 0 Å². The molecule has 0 aliphatic carbocycles. The van der Waals surface area contributed by atoms with Gasteiger partial charge in [-0.2, -0.15) is 13.2 Å². The molecule has 0 fully saturated rings. The smallest absolute Gasteiger partial charge is 0.451 e. The number of alkyl halides is 3. The molecule has 168 valence electrons. The molecule has 0 saturated heterocycles. The number of nitrogens with one attached hydrogen (secondary N) is 1. The van der Waals surface area contributed by atoms with Crippen LogP contribution in [0.2, 0.25) is 0 Å². The van der Waals surface area contributed by atoms with Gasteiger partial charge in [-0.3, -0.25) is 4.79 Å². The van der Waals surface area contributed by atoms with E-state index in [1.165, 1.54) is 5.56 Å². The quantitative estimate of drug-likeness (QED) is 0.510. The first-order chi connectivity index (χ1) is 14.8. The largest absolute Gasteiger partial charge is 0.481 e. The van der Waals surface area contributed by atoms with Crippen molar-refractivity contribution < 1.29 is 23.1 Å². The summed E-state index contributed by atoms with van der Waals surface area (Å²) in [7, 11) is 0. The second-order valence-corrected chi connectivity index (χ2v) is 7.93. The lowest BCUT2D eigenvalue weighted by atomic mass is 9.92. The van der Waals surface area contributed by atoms with Gasteiger partial charge in [0.2, 0.25) is 5.82 Å². The van der Waals surface area contributed by atoms with E-state index in [0.717, 1.165) is 75.4 Å². The summed E-state index contributed by atoms with van der Waals surface area (Å²) < 4.78 is 37.9. The highest BCUT2D eigenvalue weighted by Gasteiger charge is 2.34. The maximum absolute atomic E-state index is 12.6. The Morgan fingerprint density at radius 2 is 1.87 bits per heavy atom. The SMILES string of the molecule is O=C(O)CC(CCCCCCc1ccc2c(n1)NCCC2)c1cnc(C(F)(F)F)nc1. The fourth-order valence-electron chi connectivity index (χ4n) is 3.85. The third-order valence-electron chi connectivity index (χ3n) is 5.51. The van der Waals surface area contributed by atoms with Crippen LogP contribution in [-0.4, -0.2) is 32.6 Å². The summed E-state index contributed by atoms with van der Waals surface area (Å²) in [6, 6.07) is 4.23. The van der Waals surface area contributed by atoms with Crippen molar-refractivity contribution in [2.24, 2.45) is 0 Å². The van der Waals surface area contributed by atoms with E-state index in [-0.39, 0.29) is 6.42 Å². The fourth-order valence-corrected chi connectivity index (χ4v) is 3.85. The van der Waals surface area contributed by atoms with Crippen molar-refractivity contribution in [3.63, 3.8) is 0 Å². The third kappa shape index (κ3) is 6.90. The first-order valence-electron chi connectivity index (χ1n) is 10.7. The lowest BCUT2D eigenvalue weighted by molar-refractivity contribution is -0.145. The van der Waals surface area contributed by atoms with Crippen LogP contribution in [-0.2, 0) is 23.8 Å². The van der Waals surface area contributed by atoms with Crippen molar-refractivity contribution in [3.8, 4) is 0 Å². The standard InChI is InChI=1S/C22H27F3N4O2/c23-22(24,25)21-27-13-17(14-28-21)16(12-19(30)31)6-3-1-2-4-8-18-10-9-15-7-5-11-26-20(15)29-18/h9-10,13-14,16H,1-8,11-12H2,(H,26,29)(H,30,31). The molecule has 0 saturated carbocycles. The molecule has 2 aromatic rings. The maximum Gasteiger partial charge on any atom is 0.451 e. The number of anilines is 1. The Balaban J connectivity index is 1.44. The molecule has 2 N–H and O–H groups in total. The minimum Gasteiger partial charge on any atom is -0.481 e. The average molecular weight is 436 g/mol. The summed E-state index contributed by atoms with van der Waals surface area (Å²) in [5, 5.41) is 12.5. The van der Waals surface area contributed by atoms with Gasteiger partial charge in [-0.05, 0) is 55.2 Å². The van der Waals surface area contributed by atoms with Gasteiger partial charge >= 0.3 is 12.1 Å². The van der Waals surface area contributed by atoms with Crippen molar-refractivity contribution in [2.75, 3.05) is 11.9 Å². The number of carboxylic acids is 1. The zero-order chi connectivity index (χ0) is 22.3. The van der Waals surface area contributed by atoms with Crippen LogP contribution in [0.15, 0.2) is 24.5 Å². The molecule has 2 aromatic heterocycles. The van der Waals surface area contributed by atoms with Gasteiger partial charge in [-0.1, -0.05) is 25.3 Å². The van der Waals surface area contributed by atoms with Crippen LogP contribution in [0.5, 0.6) is 0 Å². The lowest BCUT2D eigenvalue weighted by Gasteiger charge is -2.17. The molecular weight excluding hydrogens is 409 g/mol. The monoisotopic (exact) mass is 436 g/mol. The van der Waals surface area contributed by atoms with Crippen LogP contribution in [0, 0.1) is 0 Å². The first kappa shape index (κ1) is 23.0. The number of hydrogen-bond donors (Lipinski definition) is 2. The molecule has 1 aliphatic heterocycles. The molecule has 0 spiro atoms. The zero-order valence-corrected chi connectivity index (χ0v) is 17.3. The minimum absolute atomic E-state index is 0.152. The number of rotatable bonds is 10. The topological polar surface area (TPSA) is 88.0 Å². The van der Waals surface area contributed by atoms with E-state index in [2.05, 4.69) is 32.4 Å². The fraction of sp³-hybridized carbons (Fsp3) is 0.545. The highest BCUT2D eigenvalue weighted by molar-refractivity contribution is 5.68. The predicted octanol–water partition coefficient (Wildman–Crippen LogP) is 5.00. The summed E-state index contributed by atoms with van der Waals surface area (Å²) in [5.41, 5.74) is 2.77. The number of aromatic nitrogens is 3. The van der Waals surface area contributed by atoms with E-state index < -0.39 is 23.9 Å². The number of nitrogens with zero attached hydrogens (tertiary/aromatic N) is 3. The van der Waals surface area contributed by atoms with Crippen LogP contribution in [0.25, 0.3) is 0 Å². The molecule has 9 heteroatoms. The van der Waals surface area contributed by atoms with Crippen LogP contribution < -0.4 is 5.32 Å². The normalized spacial score (nSPS) is 14.5. The number of unbranched alkanes of at least 4 members (excludes halogenated alkanes) is 3. The van der Waals surface area contributed by atoms with Crippen LogP contribution in [0.4, 0.5) is 19.0 Å². The van der Waals surface area contributed by atoms with Crippen LogP contribution in [0.1, 0.15) is 73.5 Å². The molecule has 1 unspecified atom stereocenters. The number of pyridine rings is 1. The molecule has 0 radical (unpaired) electrons. The molecule has 0 bridgehead atoms. The average Bonchev–Trinajstić information content (AvgIpc) is 2.74. The number of carboxylic acid groups (broad SMARTS) is 1. The zero-order valence-electron chi connectivity index (χ0n) is 17.3. The second kappa shape index (κ2) is 10.5. The molecule has 1 atom stereocenters. The van der Waals surface area contributed by atoms with Crippen molar-refractivity contribution in [3.05, 3.63) is 47.2 Å². The number of carbonyl (C=O) groups is 1. The number of halogens is 3. The van der Waals surface area contributed by atoms with Gasteiger partial charge in [-0.25, -0.2) is 15.0 Å². The van der Waals surface area contributed by atoms with E-state index in [4.69, 9.17) is 5.11 Å². The predicted molar refractivity (Wildman–Crippen MR) is 110 cm³/mol. The Bertz CT molecular complexity index is 872. The van der Waals surface area contributed by atoms with Gasteiger partial charge < -0.3 is 10.4 Å². The third-order valence-corrected chi connectivity index (χ3v) is 5.51.